The van der Waals surface area contributed by atoms with E-state index in [0.29, 0.717) is 19.3 Å². The summed E-state index contributed by atoms with van der Waals surface area (Å²) in [6, 6.07) is 0. The standard InChI is InChI=1S/C56H108O6/c1-5-8-10-12-13-14-15-16-17-20-24-27-30-33-36-40-44-48-55(58)61-51-53(50-60-54(57)47-43-38-11-9-6-2)62-56(59)49-45-41-37-34-31-28-25-22-19-18-21-23-26-29-32-35-39-42-46-52(4)7-3/h52-53H,5-51H2,1-4H3/t52?,53-/m0/s1. The average molecular weight is 877 g/mol. The maximum Gasteiger partial charge on any atom is 0.306 e. The lowest BCUT2D eigenvalue weighted by Gasteiger charge is -2.18. The predicted molar refractivity (Wildman–Crippen MR) is 266 cm³/mol. The van der Waals surface area contributed by atoms with Crippen LogP contribution in [-0.4, -0.2) is 37.2 Å². The lowest BCUT2D eigenvalue weighted by molar-refractivity contribution is -0.167. The van der Waals surface area contributed by atoms with Gasteiger partial charge in [0, 0.05) is 19.3 Å². The van der Waals surface area contributed by atoms with E-state index in [2.05, 4.69) is 27.7 Å². The van der Waals surface area contributed by atoms with Gasteiger partial charge in [0.15, 0.2) is 6.10 Å². The summed E-state index contributed by atoms with van der Waals surface area (Å²) in [7, 11) is 0. The molecule has 0 bridgehead atoms. The molecule has 0 aliphatic heterocycles. The summed E-state index contributed by atoms with van der Waals surface area (Å²) in [5, 5.41) is 0. The van der Waals surface area contributed by atoms with Crippen molar-refractivity contribution in [1.82, 2.24) is 0 Å². The molecular weight excluding hydrogens is 769 g/mol. The van der Waals surface area contributed by atoms with Crippen LogP contribution in [0.4, 0.5) is 0 Å². The second kappa shape index (κ2) is 50.4. The first-order valence-electron chi connectivity index (χ1n) is 27.9. The fourth-order valence-electron chi connectivity index (χ4n) is 8.54. The Morgan fingerprint density at radius 1 is 0.323 bits per heavy atom. The van der Waals surface area contributed by atoms with E-state index in [-0.39, 0.29) is 31.1 Å². The van der Waals surface area contributed by atoms with Crippen molar-refractivity contribution in [2.24, 2.45) is 5.92 Å². The van der Waals surface area contributed by atoms with E-state index < -0.39 is 6.10 Å². The van der Waals surface area contributed by atoms with Crippen molar-refractivity contribution in [2.75, 3.05) is 13.2 Å². The van der Waals surface area contributed by atoms with E-state index in [1.165, 1.54) is 205 Å². The van der Waals surface area contributed by atoms with Gasteiger partial charge in [-0.15, -0.1) is 0 Å². The van der Waals surface area contributed by atoms with E-state index in [1.807, 2.05) is 0 Å². The highest BCUT2D eigenvalue weighted by atomic mass is 16.6. The van der Waals surface area contributed by atoms with E-state index in [1.54, 1.807) is 0 Å². The van der Waals surface area contributed by atoms with Gasteiger partial charge in [-0.1, -0.05) is 278 Å². The fraction of sp³-hybridized carbons (Fsp3) is 0.946. The highest BCUT2D eigenvalue weighted by Gasteiger charge is 2.19. The van der Waals surface area contributed by atoms with Crippen LogP contribution >= 0.6 is 0 Å². The Labute approximate surface area is 387 Å². The maximum absolute atomic E-state index is 12.8. The molecule has 0 rings (SSSR count). The van der Waals surface area contributed by atoms with Crippen molar-refractivity contribution in [3.05, 3.63) is 0 Å². The number of hydrogen-bond donors (Lipinski definition) is 0. The lowest BCUT2D eigenvalue weighted by atomic mass is 9.99. The molecule has 1 unspecified atom stereocenters. The van der Waals surface area contributed by atoms with Crippen LogP contribution in [0.1, 0.15) is 317 Å². The Hall–Kier alpha value is -1.59. The van der Waals surface area contributed by atoms with Gasteiger partial charge < -0.3 is 14.2 Å². The zero-order chi connectivity index (χ0) is 45.2. The van der Waals surface area contributed by atoms with Gasteiger partial charge in [-0.2, -0.15) is 0 Å². The van der Waals surface area contributed by atoms with Gasteiger partial charge in [0.1, 0.15) is 13.2 Å². The van der Waals surface area contributed by atoms with Gasteiger partial charge in [0.25, 0.3) is 0 Å². The Bertz CT molecular complexity index is 935. The first-order valence-corrected chi connectivity index (χ1v) is 27.9. The molecular formula is C56H108O6. The molecule has 6 heteroatoms. The molecule has 0 aliphatic rings. The van der Waals surface area contributed by atoms with E-state index in [0.717, 1.165) is 70.1 Å². The van der Waals surface area contributed by atoms with Gasteiger partial charge >= 0.3 is 17.9 Å². The Morgan fingerprint density at radius 3 is 0.839 bits per heavy atom. The Morgan fingerprint density at radius 2 is 0.565 bits per heavy atom. The Kier molecular flexibility index (Phi) is 49.1. The van der Waals surface area contributed by atoms with Crippen molar-refractivity contribution in [1.29, 1.82) is 0 Å². The quantitative estimate of drug-likeness (QED) is 0.0344. The summed E-state index contributed by atoms with van der Waals surface area (Å²) in [4.78, 5) is 37.7. The van der Waals surface area contributed by atoms with Crippen LogP contribution in [0.15, 0.2) is 0 Å². The molecule has 0 amide bonds. The molecule has 2 atom stereocenters. The van der Waals surface area contributed by atoms with Crippen LogP contribution in [0.3, 0.4) is 0 Å². The highest BCUT2D eigenvalue weighted by molar-refractivity contribution is 5.71. The SMILES string of the molecule is CCCCCCCCCCCCCCCCCCCC(=O)OC[C@H](COC(=O)CCCCCCC)OC(=O)CCCCCCCCCCCCCCCCCCCCC(C)CC. The minimum atomic E-state index is -0.759. The number of carbonyl (C=O) groups excluding carboxylic acids is 3. The molecule has 62 heavy (non-hydrogen) atoms. The molecule has 0 heterocycles. The zero-order valence-electron chi connectivity index (χ0n) is 42.3. The number of unbranched alkanes of at least 4 members (excludes halogenated alkanes) is 37. The average Bonchev–Trinajstić information content (AvgIpc) is 3.27. The number of carbonyl (C=O) groups is 3. The molecule has 0 saturated carbocycles. The van der Waals surface area contributed by atoms with Gasteiger partial charge in [-0.3, -0.25) is 14.4 Å². The van der Waals surface area contributed by atoms with Gasteiger partial charge in [-0.25, -0.2) is 0 Å². The van der Waals surface area contributed by atoms with Crippen LogP contribution in [0.25, 0.3) is 0 Å². The van der Waals surface area contributed by atoms with Crippen molar-refractivity contribution < 1.29 is 28.6 Å². The normalized spacial score (nSPS) is 12.4. The molecule has 0 spiro atoms. The van der Waals surface area contributed by atoms with E-state index >= 15 is 0 Å². The summed E-state index contributed by atoms with van der Waals surface area (Å²) in [6.07, 6.45) is 54.1. The Balaban J connectivity index is 4.05. The number of hydrogen-bond acceptors (Lipinski definition) is 6. The smallest absolute Gasteiger partial charge is 0.306 e. The molecule has 0 aromatic heterocycles. The van der Waals surface area contributed by atoms with Crippen LogP contribution in [0, 0.1) is 5.92 Å². The van der Waals surface area contributed by atoms with E-state index in [4.69, 9.17) is 14.2 Å². The summed E-state index contributed by atoms with van der Waals surface area (Å²) in [5.74, 6) is 0.0546. The minimum absolute atomic E-state index is 0.0633. The van der Waals surface area contributed by atoms with Crippen molar-refractivity contribution in [2.45, 2.75) is 323 Å². The summed E-state index contributed by atoms with van der Waals surface area (Å²) < 4.78 is 16.7. The van der Waals surface area contributed by atoms with Crippen LogP contribution in [0.2, 0.25) is 0 Å². The fourth-order valence-corrected chi connectivity index (χ4v) is 8.54. The third-order valence-corrected chi connectivity index (χ3v) is 13.2. The number of rotatable bonds is 51. The zero-order valence-corrected chi connectivity index (χ0v) is 42.3. The third-order valence-electron chi connectivity index (χ3n) is 13.2. The summed E-state index contributed by atoms with van der Waals surface area (Å²) in [6.45, 7) is 9.02. The lowest BCUT2D eigenvalue weighted by Crippen LogP contribution is -2.30. The first kappa shape index (κ1) is 60.4. The molecule has 0 saturated heterocycles. The number of esters is 3. The molecule has 0 aliphatic carbocycles. The van der Waals surface area contributed by atoms with Gasteiger partial charge in [-0.05, 0) is 25.2 Å². The molecule has 0 radical (unpaired) electrons. The number of ether oxygens (including phenoxy) is 3. The monoisotopic (exact) mass is 877 g/mol. The third kappa shape index (κ3) is 47.9. The molecule has 6 nitrogen and oxygen atoms in total. The van der Waals surface area contributed by atoms with Gasteiger partial charge in [0.05, 0.1) is 0 Å². The predicted octanol–water partition coefficient (Wildman–Crippen LogP) is 18.2. The highest BCUT2D eigenvalue weighted by Crippen LogP contribution is 2.18. The van der Waals surface area contributed by atoms with Crippen molar-refractivity contribution >= 4 is 17.9 Å². The summed E-state index contributed by atoms with van der Waals surface area (Å²) >= 11 is 0. The molecule has 368 valence electrons. The maximum atomic E-state index is 12.8. The molecule has 0 aromatic carbocycles. The van der Waals surface area contributed by atoms with Crippen LogP contribution in [-0.2, 0) is 28.6 Å². The van der Waals surface area contributed by atoms with Crippen LogP contribution in [0.5, 0.6) is 0 Å². The van der Waals surface area contributed by atoms with Crippen molar-refractivity contribution in [3.8, 4) is 0 Å². The largest absolute Gasteiger partial charge is 0.462 e. The first-order chi connectivity index (χ1) is 30.4. The minimum Gasteiger partial charge on any atom is -0.462 e. The second-order valence-corrected chi connectivity index (χ2v) is 19.5. The second-order valence-electron chi connectivity index (χ2n) is 19.5. The topological polar surface area (TPSA) is 78.9 Å². The van der Waals surface area contributed by atoms with Crippen molar-refractivity contribution in [3.63, 3.8) is 0 Å². The van der Waals surface area contributed by atoms with E-state index in [9.17, 15) is 14.4 Å². The van der Waals surface area contributed by atoms with Crippen LogP contribution < -0.4 is 0 Å². The van der Waals surface area contributed by atoms with Gasteiger partial charge in [0.2, 0.25) is 0 Å². The molecule has 0 aromatic rings. The molecule has 0 fully saturated rings. The molecule has 0 N–H and O–H groups in total. The summed E-state index contributed by atoms with van der Waals surface area (Å²) in [5.41, 5.74) is 0.